The van der Waals surface area contributed by atoms with Crippen molar-refractivity contribution < 1.29 is 14.8 Å². The van der Waals surface area contributed by atoms with E-state index in [1.165, 1.54) is 18.2 Å². The van der Waals surface area contributed by atoms with E-state index in [-0.39, 0.29) is 17.3 Å². The third kappa shape index (κ3) is 4.50. The summed E-state index contributed by atoms with van der Waals surface area (Å²) in [6.07, 6.45) is 0.651. The molecular formula is C13H20N2O4. The van der Waals surface area contributed by atoms with Crippen LogP contribution < -0.4 is 10.5 Å². The average Bonchev–Trinajstić information content (AvgIpc) is 2.25. The molecule has 0 saturated carbocycles. The summed E-state index contributed by atoms with van der Waals surface area (Å²) in [7, 11) is 0. The Kier molecular flexibility index (Phi) is 4.85. The molecule has 6 heteroatoms. The number of rotatable bonds is 6. The molecular weight excluding hydrogens is 248 g/mol. The first-order valence-electron chi connectivity index (χ1n) is 6.08. The fourth-order valence-corrected chi connectivity index (χ4v) is 2.07. The molecule has 0 aliphatic carbocycles. The van der Waals surface area contributed by atoms with Crippen molar-refractivity contribution in [3.63, 3.8) is 0 Å². The second-order valence-corrected chi connectivity index (χ2v) is 5.25. The van der Waals surface area contributed by atoms with Gasteiger partial charge in [-0.3, -0.25) is 10.1 Å². The van der Waals surface area contributed by atoms with Crippen LogP contribution in [0.5, 0.6) is 5.75 Å². The van der Waals surface area contributed by atoms with Crippen molar-refractivity contribution >= 4 is 5.69 Å². The monoisotopic (exact) mass is 268 g/mol. The smallest absolute Gasteiger partial charge is 0.275 e. The minimum Gasteiger partial charge on any atom is -0.488 e. The van der Waals surface area contributed by atoms with Gasteiger partial charge in [-0.2, -0.15) is 0 Å². The molecule has 1 aromatic carbocycles. The molecule has 0 bridgehead atoms. The Morgan fingerprint density at radius 1 is 1.53 bits per heavy atom. The van der Waals surface area contributed by atoms with E-state index in [4.69, 9.17) is 15.6 Å². The van der Waals surface area contributed by atoms with Crippen LogP contribution in [0.25, 0.3) is 0 Å². The molecule has 0 amide bonds. The van der Waals surface area contributed by atoms with Gasteiger partial charge >= 0.3 is 0 Å². The van der Waals surface area contributed by atoms with Gasteiger partial charge in [0, 0.05) is 18.5 Å². The zero-order valence-electron chi connectivity index (χ0n) is 11.4. The molecule has 1 atom stereocenters. The number of nitrogens with two attached hydrogens (primary N) is 1. The van der Waals surface area contributed by atoms with Crippen LogP contribution in [0.4, 0.5) is 5.69 Å². The summed E-state index contributed by atoms with van der Waals surface area (Å²) in [5, 5.41) is 19.9. The molecule has 6 nitrogen and oxygen atoms in total. The standard InChI is InChI=1S/C13H20N2O4/c1-9(14)7-13(2,3)19-11-4-5-12(15(17)18)10(6-11)8-16/h4-6,9,16H,7-8,14H2,1-3H3. The SMILES string of the molecule is CC(N)CC(C)(C)Oc1ccc([N+](=O)[O-])c(CO)c1. The quantitative estimate of drug-likeness (QED) is 0.607. The zero-order valence-corrected chi connectivity index (χ0v) is 11.4. The number of hydrogen-bond acceptors (Lipinski definition) is 5. The largest absolute Gasteiger partial charge is 0.488 e. The number of aliphatic hydroxyl groups is 1. The van der Waals surface area contributed by atoms with Gasteiger partial charge in [0.2, 0.25) is 0 Å². The van der Waals surface area contributed by atoms with Crippen LogP contribution in [0.2, 0.25) is 0 Å². The Labute approximate surface area is 112 Å². The summed E-state index contributed by atoms with van der Waals surface area (Å²) in [5.41, 5.74) is 5.39. The molecule has 0 aliphatic heterocycles. The Morgan fingerprint density at radius 2 is 2.16 bits per heavy atom. The Hall–Kier alpha value is -1.66. The molecule has 0 heterocycles. The van der Waals surface area contributed by atoms with Crippen molar-refractivity contribution in [2.24, 2.45) is 5.73 Å². The summed E-state index contributed by atoms with van der Waals surface area (Å²) in [6, 6.07) is 4.34. The van der Waals surface area contributed by atoms with Gasteiger partial charge in [-0.15, -0.1) is 0 Å². The minimum atomic E-state index is -0.525. The number of nitrogens with zero attached hydrogens (tertiary/aromatic N) is 1. The van der Waals surface area contributed by atoms with Crippen LogP contribution >= 0.6 is 0 Å². The van der Waals surface area contributed by atoms with Crippen molar-refractivity contribution in [3.05, 3.63) is 33.9 Å². The Bertz CT molecular complexity index is 458. The highest BCUT2D eigenvalue weighted by Crippen LogP contribution is 2.27. The number of hydrogen-bond donors (Lipinski definition) is 2. The number of aliphatic hydroxyl groups excluding tert-OH is 1. The van der Waals surface area contributed by atoms with Crippen molar-refractivity contribution in [1.29, 1.82) is 0 Å². The van der Waals surface area contributed by atoms with Gasteiger partial charge in [0.15, 0.2) is 0 Å². The van der Waals surface area contributed by atoms with Crippen LogP contribution in [0.15, 0.2) is 18.2 Å². The number of benzene rings is 1. The summed E-state index contributed by atoms with van der Waals surface area (Å²) in [4.78, 5) is 10.2. The van der Waals surface area contributed by atoms with Crippen molar-refractivity contribution in [2.45, 2.75) is 45.4 Å². The van der Waals surface area contributed by atoms with Crippen LogP contribution in [-0.2, 0) is 6.61 Å². The molecule has 1 aromatic rings. The lowest BCUT2D eigenvalue weighted by molar-refractivity contribution is -0.385. The normalized spacial score (nSPS) is 13.1. The van der Waals surface area contributed by atoms with Gasteiger partial charge in [0.25, 0.3) is 5.69 Å². The fraction of sp³-hybridized carbons (Fsp3) is 0.538. The molecule has 1 rings (SSSR count). The highest BCUT2D eigenvalue weighted by molar-refractivity contribution is 5.45. The highest BCUT2D eigenvalue weighted by atomic mass is 16.6. The van der Waals surface area contributed by atoms with E-state index in [2.05, 4.69) is 0 Å². The van der Waals surface area contributed by atoms with Gasteiger partial charge < -0.3 is 15.6 Å². The molecule has 0 aliphatic rings. The first-order chi connectivity index (χ1) is 8.75. The van der Waals surface area contributed by atoms with Crippen LogP contribution in [0.1, 0.15) is 32.8 Å². The lowest BCUT2D eigenvalue weighted by Crippen LogP contribution is -2.35. The maximum absolute atomic E-state index is 10.8. The first-order valence-corrected chi connectivity index (χ1v) is 6.08. The third-order valence-electron chi connectivity index (χ3n) is 2.63. The van der Waals surface area contributed by atoms with E-state index in [0.29, 0.717) is 12.2 Å². The van der Waals surface area contributed by atoms with E-state index < -0.39 is 17.1 Å². The molecule has 19 heavy (non-hydrogen) atoms. The highest BCUT2D eigenvalue weighted by Gasteiger charge is 2.23. The second kappa shape index (κ2) is 5.99. The van der Waals surface area contributed by atoms with Crippen LogP contribution in [-0.4, -0.2) is 21.7 Å². The number of nitro benzene ring substituents is 1. The average molecular weight is 268 g/mol. The van der Waals surface area contributed by atoms with E-state index in [1.54, 1.807) is 0 Å². The predicted molar refractivity (Wildman–Crippen MR) is 72.0 cm³/mol. The molecule has 0 aromatic heterocycles. The summed E-state index contributed by atoms with van der Waals surface area (Å²) < 4.78 is 5.78. The Morgan fingerprint density at radius 3 is 2.63 bits per heavy atom. The summed E-state index contributed by atoms with van der Waals surface area (Å²) in [5.74, 6) is 0.486. The van der Waals surface area contributed by atoms with Gasteiger partial charge in [0.1, 0.15) is 11.4 Å². The van der Waals surface area contributed by atoms with Crippen molar-refractivity contribution in [1.82, 2.24) is 0 Å². The van der Waals surface area contributed by atoms with E-state index in [9.17, 15) is 10.1 Å². The van der Waals surface area contributed by atoms with E-state index in [1.807, 2.05) is 20.8 Å². The van der Waals surface area contributed by atoms with Gasteiger partial charge in [-0.05, 0) is 32.9 Å². The lowest BCUT2D eigenvalue weighted by Gasteiger charge is -2.28. The zero-order chi connectivity index (χ0) is 14.6. The summed E-state index contributed by atoms with van der Waals surface area (Å²) >= 11 is 0. The van der Waals surface area contributed by atoms with Crippen LogP contribution in [0.3, 0.4) is 0 Å². The van der Waals surface area contributed by atoms with Gasteiger partial charge in [-0.1, -0.05) is 0 Å². The fourth-order valence-electron chi connectivity index (χ4n) is 2.07. The molecule has 0 fully saturated rings. The molecule has 1 unspecified atom stereocenters. The maximum atomic E-state index is 10.8. The van der Waals surface area contributed by atoms with Gasteiger partial charge in [0.05, 0.1) is 17.1 Å². The maximum Gasteiger partial charge on any atom is 0.275 e. The molecule has 0 radical (unpaired) electrons. The second-order valence-electron chi connectivity index (χ2n) is 5.25. The molecule has 0 saturated heterocycles. The summed E-state index contributed by atoms with van der Waals surface area (Å²) in [6.45, 7) is 5.29. The van der Waals surface area contributed by atoms with E-state index in [0.717, 1.165) is 0 Å². The van der Waals surface area contributed by atoms with Crippen molar-refractivity contribution in [2.75, 3.05) is 0 Å². The number of nitro groups is 1. The van der Waals surface area contributed by atoms with Crippen LogP contribution in [0, 0.1) is 10.1 Å². The minimum absolute atomic E-state index is 0.00893. The van der Waals surface area contributed by atoms with E-state index >= 15 is 0 Å². The predicted octanol–water partition coefficient (Wildman–Crippen LogP) is 1.98. The molecule has 3 N–H and O–H groups in total. The number of ether oxygens (including phenoxy) is 1. The molecule has 0 spiro atoms. The lowest BCUT2D eigenvalue weighted by atomic mass is 10.00. The van der Waals surface area contributed by atoms with Crippen molar-refractivity contribution in [3.8, 4) is 5.75 Å². The topological polar surface area (TPSA) is 98.6 Å². The first kappa shape index (κ1) is 15.4. The Balaban J connectivity index is 2.94. The molecule has 106 valence electrons. The third-order valence-corrected chi connectivity index (χ3v) is 2.63. The van der Waals surface area contributed by atoms with Gasteiger partial charge in [-0.25, -0.2) is 0 Å².